The number of aromatic nitrogens is 4. The number of nitrogens with two attached hydrogens (primary N) is 1. The van der Waals surface area contributed by atoms with Gasteiger partial charge >= 0.3 is 0 Å². The molecule has 0 spiro atoms. The molecule has 0 aliphatic heterocycles. The molecule has 3 N–H and O–H groups in total. The topological polar surface area (TPSA) is 124 Å². The predicted octanol–water partition coefficient (Wildman–Crippen LogP) is 3.48. The highest BCUT2D eigenvalue weighted by Crippen LogP contribution is 2.30. The van der Waals surface area contributed by atoms with Crippen molar-refractivity contribution in [2.45, 2.75) is 0 Å². The molecule has 3 heterocycles. The highest BCUT2D eigenvalue weighted by Gasteiger charge is 2.24. The minimum absolute atomic E-state index is 0.0359. The highest BCUT2D eigenvalue weighted by atomic mass is 32.2. The van der Waals surface area contributed by atoms with Crippen molar-refractivity contribution in [2.75, 3.05) is 12.0 Å². The second kappa shape index (κ2) is 7.20. The van der Waals surface area contributed by atoms with Crippen LogP contribution in [-0.2, 0) is 10.0 Å². The van der Waals surface area contributed by atoms with Gasteiger partial charge < -0.3 is 10.7 Å². The quantitative estimate of drug-likeness (QED) is 0.308. The Bertz CT molecular complexity index is 1710. The normalized spacial score (nSPS) is 12.0. The highest BCUT2D eigenvalue weighted by molar-refractivity contribution is 7.89. The number of anilines is 1. The molecule has 0 bridgehead atoms. The summed E-state index contributed by atoms with van der Waals surface area (Å²) in [6.07, 6.45) is 5.40. The fourth-order valence-corrected chi connectivity index (χ4v) is 4.46. The van der Waals surface area contributed by atoms with Gasteiger partial charge in [0.25, 0.3) is 10.0 Å². The van der Waals surface area contributed by atoms with E-state index in [-0.39, 0.29) is 11.3 Å². The van der Waals surface area contributed by atoms with E-state index < -0.39 is 33.0 Å². The molecule has 0 aliphatic carbocycles. The summed E-state index contributed by atoms with van der Waals surface area (Å²) in [6.45, 7) is 0. The Kier molecular flexibility index (Phi) is 4.53. The van der Waals surface area contributed by atoms with Crippen LogP contribution in [0.25, 0.3) is 33.1 Å². The van der Waals surface area contributed by atoms with Crippen molar-refractivity contribution in [3.63, 3.8) is 0 Å². The summed E-state index contributed by atoms with van der Waals surface area (Å²) in [7, 11) is -3.56. The number of benzene rings is 2. The Labute approximate surface area is 185 Å². The fourth-order valence-electron chi connectivity index (χ4n) is 3.71. The fraction of sp³-hybridized carbons (Fsp3) is 0.0455. The van der Waals surface area contributed by atoms with Crippen molar-refractivity contribution in [3.05, 3.63) is 77.8 Å². The predicted molar refractivity (Wildman–Crippen MR) is 119 cm³/mol. The van der Waals surface area contributed by atoms with Gasteiger partial charge in [0, 0.05) is 34.3 Å². The zero-order valence-corrected chi connectivity index (χ0v) is 17.8. The second-order valence-corrected chi connectivity index (χ2v) is 9.31. The Morgan fingerprint density at radius 1 is 1.09 bits per heavy atom. The monoisotopic (exact) mass is 467 g/mol. The van der Waals surface area contributed by atoms with Crippen LogP contribution >= 0.6 is 0 Å². The third-order valence-corrected chi connectivity index (χ3v) is 6.23. The maximum atomic E-state index is 14.4. The number of carbonyl (C=O) groups excluding carboxylic acids is 1. The van der Waals surface area contributed by atoms with Crippen molar-refractivity contribution >= 4 is 43.4 Å². The van der Waals surface area contributed by atoms with Crippen LogP contribution in [0, 0.1) is 11.6 Å². The lowest BCUT2D eigenvalue weighted by Gasteiger charge is -2.07. The number of fused-ring (bicyclic) bond motifs is 2. The lowest BCUT2D eigenvalue weighted by atomic mass is 9.99. The molecule has 8 nitrogen and oxygen atoms in total. The Morgan fingerprint density at radius 2 is 1.88 bits per heavy atom. The first-order valence-corrected chi connectivity index (χ1v) is 11.4. The SMILES string of the molecule is CS(=O)(=O)n1ncc2cc(-c3cnc4[nH]cc(C(=O)c5c(F)ccc(N)c5F)c4c3)ccc21. The Morgan fingerprint density at radius 3 is 2.64 bits per heavy atom. The number of nitrogens with zero attached hydrogens (tertiary/aromatic N) is 3. The van der Waals surface area contributed by atoms with E-state index >= 15 is 0 Å². The van der Waals surface area contributed by atoms with Gasteiger partial charge in [-0.25, -0.2) is 22.2 Å². The van der Waals surface area contributed by atoms with E-state index in [4.69, 9.17) is 5.73 Å². The summed E-state index contributed by atoms with van der Waals surface area (Å²) in [5.41, 5.74) is 6.54. The van der Waals surface area contributed by atoms with Crippen molar-refractivity contribution < 1.29 is 22.0 Å². The second-order valence-electron chi connectivity index (χ2n) is 7.50. The third kappa shape index (κ3) is 3.33. The summed E-state index contributed by atoms with van der Waals surface area (Å²) < 4.78 is 53.3. The van der Waals surface area contributed by atoms with E-state index in [2.05, 4.69) is 15.1 Å². The maximum absolute atomic E-state index is 14.4. The number of nitrogen functional groups attached to an aromatic ring is 1. The van der Waals surface area contributed by atoms with E-state index in [1.165, 1.54) is 12.4 Å². The standard InChI is InChI=1S/C22H15F2N5O3S/c1-33(31,32)29-18-5-2-11(6-13(18)9-28-29)12-7-14-15(10-27-22(14)26-8-12)21(30)19-16(23)3-4-17(25)20(19)24/h2-10H,25H2,1H3,(H,26,27). The Balaban J connectivity index is 1.62. The molecule has 0 saturated carbocycles. The van der Waals surface area contributed by atoms with Crippen LogP contribution in [0.5, 0.6) is 0 Å². The van der Waals surface area contributed by atoms with Gasteiger partial charge in [0.15, 0.2) is 5.82 Å². The average Bonchev–Trinajstić information content (AvgIpc) is 3.39. The lowest BCUT2D eigenvalue weighted by molar-refractivity contribution is 0.103. The van der Waals surface area contributed by atoms with Crippen LogP contribution in [0.3, 0.4) is 0 Å². The van der Waals surface area contributed by atoms with Crippen LogP contribution in [-0.4, -0.2) is 39.6 Å². The number of ketones is 1. The molecule has 5 rings (SSSR count). The minimum Gasteiger partial charge on any atom is -0.396 e. The first-order valence-electron chi connectivity index (χ1n) is 9.59. The largest absolute Gasteiger partial charge is 0.396 e. The van der Waals surface area contributed by atoms with Gasteiger partial charge in [0.05, 0.1) is 29.2 Å². The molecule has 0 atom stereocenters. The minimum atomic E-state index is -3.56. The van der Waals surface area contributed by atoms with E-state index in [0.29, 0.717) is 33.1 Å². The molecule has 5 aromatic rings. The molecule has 33 heavy (non-hydrogen) atoms. The molecule has 166 valence electrons. The number of H-pyrrole nitrogens is 1. The van der Waals surface area contributed by atoms with E-state index in [1.807, 2.05) is 0 Å². The van der Waals surface area contributed by atoms with Gasteiger partial charge in [-0.2, -0.15) is 9.19 Å². The van der Waals surface area contributed by atoms with Crippen molar-refractivity contribution in [2.24, 2.45) is 0 Å². The van der Waals surface area contributed by atoms with E-state index in [1.54, 1.807) is 30.5 Å². The van der Waals surface area contributed by atoms with Crippen molar-refractivity contribution in [3.8, 4) is 11.1 Å². The van der Waals surface area contributed by atoms with Gasteiger partial charge in [-0.15, -0.1) is 0 Å². The zero-order valence-electron chi connectivity index (χ0n) is 17.0. The molecular formula is C22H15F2N5O3S. The number of carbonyl (C=O) groups is 1. The molecule has 0 amide bonds. The van der Waals surface area contributed by atoms with Gasteiger partial charge in [-0.3, -0.25) is 4.79 Å². The smallest absolute Gasteiger partial charge is 0.251 e. The van der Waals surface area contributed by atoms with Crippen LogP contribution in [0.4, 0.5) is 14.5 Å². The maximum Gasteiger partial charge on any atom is 0.251 e. The van der Waals surface area contributed by atoms with Crippen LogP contribution in [0.15, 0.2) is 55.0 Å². The van der Waals surface area contributed by atoms with E-state index in [0.717, 1.165) is 22.5 Å². The summed E-state index contributed by atoms with van der Waals surface area (Å²) >= 11 is 0. The molecule has 3 aromatic heterocycles. The molecular weight excluding hydrogens is 452 g/mol. The number of rotatable bonds is 4. The van der Waals surface area contributed by atoms with Crippen LogP contribution < -0.4 is 5.73 Å². The van der Waals surface area contributed by atoms with Gasteiger partial charge in [0.1, 0.15) is 11.5 Å². The van der Waals surface area contributed by atoms with Crippen LogP contribution in [0.1, 0.15) is 15.9 Å². The molecule has 0 unspecified atom stereocenters. The average molecular weight is 467 g/mol. The summed E-state index contributed by atoms with van der Waals surface area (Å²) in [6, 6.07) is 8.70. The van der Waals surface area contributed by atoms with Crippen molar-refractivity contribution in [1.29, 1.82) is 0 Å². The van der Waals surface area contributed by atoms with Gasteiger partial charge in [0.2, 0.25) is 5.78 Å². The van der Waals surface area contributed by atoms with Crippen LogP contribution in [0.2, 0.25) is 0 Å². The first-order chi connectivity index (χ1) is 15.6. The molecule has 2 aromatic carbocycles. The number of halogens is 2. The van der Waals surface area contributed by atoms with Gasteiger partial charge in [-0.1, -0.05) is 6.07 Å². The number of pyridine rings is 1. The molecule has 0 fully saturated rings. The summed E-state index contributed by atoms with van der Waals surface area (Å²) in [5.74, 6) is -3.00. The molecule has 11 heteroatoms. The number of aromatic amines is 1. The Hall–Kier alpha value is -4.12. The number of nitrogens with one attached hydrogen (secondary N) is 1. The summed E-state index contributed by atoms with van der Waals surface area (Å²) in [4.78, 5) is 20.1. The molecule has 0 aliphatic rings. The molecule has 0 saturated heterocycles. The lowest BCUT2D eigenvalue weighted by Crippen LogP contribution is -2.11. The summed E-state index contributed by atoms with van der Waals surface area (Å²) in [5, 5.41) is 4.88. The van der Waals surface area contributed by atoms with E-state index in [9.17, 15) is 22.0 Å². The zero-order chi connectivity index (χ0) is 23.5. The first kappa shape index (κ1) is 20.8. The van der Waals surface area contributed by atoms with Crippen molar-refractivity contribution in [1.82, 2.24) is 19.2 Å². The molecule has 0 radical (unpaired) electrons. The van der Waals surface area contributed by atoms with Gasteiger partial charge in [-0.05, 0) is 35.9 Å². The third-order valence-electron chi connectivity index (χ3n) is 5.31. The number of hydrogen-bond acceptors (Lipinski definition) is 6. The number of hydrogen-bond donors (Lipinski definition) is 2.